The molecule has 18 aromatic rings. The largest absolute Gasteiger partial charge is 0.507 e. The van der Waals surface area contributed by atoms with Crippen molar-refractivity contribution >= 4 is 57.3 Å². The molecule has 6 aromatic heterocycles. The van der Waals surface area contributed by atoms with Gasteiger partial charge in [-0.25, -0.2) is 34.3 Å². The average molecular weight is 1930 g/mol. The molecule has 0 spiro atoms. The molecule has 6 heterocycles. The number of halogens is 1. The molecule has 13 nitrogen and oxygen atoms in total. The van der Waals surface area contributed by atoms with Crippen molar-refractivity contribution in [2.24, 2.45) is 0 Å². The van der Waals surface area contributed by atoms with Gasteiger partial charge < -0.3 is 20.2 Å². The zero-order valence-electron chi connectivity index (χ0n) is 88.6. The van der Waals surface area contributed by atoms with Crippen molar-refractivity contribution in [2.45, 2.75) is 183 Å². The maximum absolute atomic E-state index is 14.5. The van der Waals surface area contributed by atoms with E-state index < -0.39 is 0 Å². The van der Waals surface area contributed by atoms with E-state index in [1.165, 1.54) is 57.3 Å². The Morgan fingerprint density at radius 1 is 0.199 bits per heavy atom. The molecule has 0 aliphatic carbocycles. The lowest BCUT2D eigenvalue weighted by Crippen LogP contribution is -2.16. The van der Waals surface area contributed by atoms with Gasteiger partial charge in [0.2, 0.25) is 0 Å². The lowest BCUT2D eigenvalue weighted by Gasteiger charge is -2.28. The number of phenolic OH excluding ortho intramolecular Hbond substituents is 3. The Morgan fingerprint density at radius 2 is 0.473 bits per heavy atom. The Bertz CT molecular complexity index is 7550. The summed E-state index contributed by atoms with van der Waals surface area (Å²) >= 11 is 0. The molecule has 738 valence electrons. The monoisotopic (exact) mass is 1930 g/mol. The van der Waals surface area contributed by atoms with Gasteiger partial charge in [-0.1, -0.05) is 321 Å². The van der Waals surface area contributed by atoms with Gasteiger partial charge in [-0.15, -0.1) is 0 Å². The Labute approximate surface area is 863 Å². The summed E-state index contributed by atoms with van der Waals surface area (Å²) in [6.07, 6.45) is 5.16. The molecule has 0 atom stereocenters. The van der Waals surface area contributed by atoms with Crippen LogP contribution in [0.1, 0.15) is 184 Å². The molecule has 146 heavy (non-hydrogen) atoms. The van der Waals surface area contributed by atoms with Crippen LogP contribution in [0.2, 0.25) is 0 Å². The number of anilines is 10. The summed E-state index contributed by atoms with van der Waals surface area (Å²) < 4.78 is 14.5. The minimum Gasteiger partial charge on any atom is -0.507 e. The van der Waals surface area contributed by atoms with Crippen molar-refractivity contribution in [3.8, 4) is 118 Å². The van der Waals surface area contributed by atoms with Gasteiger partial charge in [0.05, 0.1) is 34.2 Å². The standard InChI is InChI=1S/C46H49N3O.C44H46N4O.C42H40FN3O/c1-44(2,3)34-23-31(24-35(29-34)45(4,5)6)32-27-40(48-41(28-32)39-19-13-14-20-42(39)50)33-25-36(46(7,8)9)30-38(26-33)49(37-17-11-10-12-18-37)43-21-15-16-22-47-43;1-43(2,3)33-23-31(24-34(28-33)44(4,5)6)32-26-39(46-40(27-32)38-19-12-13-20-41(38)49)30-15-14-18-37(25-30)48(35-16-10-9-11-17-35)42-29-36(47(7)8)21-22-45-42;1-41(2,3)31-21-29(22-32(26-31)42(4,5)6)30-24-37(45-38(25-30)36-17-10-11-18-39(36)47)28-13-12-16-35(23-28)46(34-14-8-7-9-15-34)40-27-33(43)19-20-44-40/h10-30,50H,1-9H3;9-29,49H,1-8H3;7-27,47H,1-6H3. The van der Waals surface area contributed by atoms with E-state index >= 15 is 0 Å². The molecular formula is C132H135FN10O3. The molecule has 12 aromatic carbocycles. The second-order valence-electron chi connectivity index (χ2n) is 45.2. The number of nitrogens with zero attached hydrogens (tertiary/aromatic N) is 10. The molecule has 3 N–H and O–H groups in total. The van der Waals surface area contributed by atoms with Crippen LogP contribution in [0.5, 0.6) is 17.2 Å². The quantitative estimate of drug-likeness (QED) is 0.0705. The predicted octanol–water partition coefficient (Wildman–Crippen LogP) is 35.2. The minimum absolute atomic E-state index is 0.0282. The van der Waals surface area contributed by atoms with Crippen LogP contribution in [0, 0.1) is 5.82 Å². The number of benzene rings is 12. The van der Waals surface area contributed by atoms with E-state index in [4.69, 9.17) is 24.9 Å². The van der Waals surface area contributed by atoms with Crippen molar-refractivity contribution in [3.63, 3.8) is 0 Å². The lowest BCUT2D eigenvalue weighted by atomic mass is 9.79. The molecule has 0 amide bonds. The Hall–Kier alpha value is -15.9. The number of hydrogen-bond donors (Lipinski definition) is 3. The lowest BCUT2D eigenvalue weighted by molar-refractivity contribution is 0.476. The molecule has 0 bridgehead atoms. The third kappa shape index (κ3) is 24.4. The number of pyridine rings is 6. The molecular weight excluding hydrogens is 1790 g/mol. The van der Waals surface area contributed by atoms with Crippen LogP contribution in [0.3, 0.4) is 0 Å². The average Bonchev–Trinajstić information content (AvgIpc) is 0.770. The fourth-order valence-corrected chi connectivity index (χ4v) is 17.7. The summed E-state index contributed by atoms with van der Waals surface area (Å²) in [6.45, 7) is 47.3. The number of aromatic nitrogens is 6. The molecule has 14 heteroatoms. The van der Waals surface area contributed by atoms with Gasteiger partial charge in [-0.05, 0) is 286 Å². The summed E-state index contributed by atoms with van der Waals surface area (Å²) in [4.78, 5) is 38.1. The molecule has 0 aliphatic rings. The van der Waals surface area contributed by atoms with Crippen molar-refractivity contribution in [2.75, 3.05) is 33.7 Å². The van der Waals surface area contributed by atoms with E-state index in [0.717, 1.165) is 130 Å². The SMILES string of the molecule is CC(C)(C)c1cc(-c2cc(-c3cc(C(C)(C)C)cc(C(C)(C)C)c3)cc(-c3ccccc3O)n2)cc(N(c2ccccc2)c2ccccn2)c1.CC(C)(C)c1cc(-c2cc(-c3cccc(N(c4ccccc4)c4cc(F)ccn4)c3)nc(-c3ccccc3O)c2)cc(C(C)(C)C)c1.CN(C)c1ccnc(N(c2ccccc2)c2cccc(-c3cc(-c4cc(C(C)(C)C)cc(C(C)(C)C)c4)cc(-c4ccccc4O)n3)c2)c1. The molecule has 0 saturated carbocycles. The fourth-order valence-electron chi connectivity index (χ4n) is 17.7. The van der Waals surface area contributed by atoms with Crippen LogP contribution in [0.15, 0.2) is 383 Å². The highest BCUT2D eigenvalue weighted by atomic mass is 19.1. The van der Waals surface area contributed by atoms with E-state index in [1.54, 1.807) is 18.2 Å². The first kappa shape index (κ1) is 103. The predicted molar refractivity (Wildman–Crippen MR) is 609 cm³/mol. The fraction of sp³-hybridized carbons (Fsp3) is 0.227. The maximum atomic E-state index is 14.5. The third-order valence-electron chi connectivity index (χ3n) is 26.5. The Morgan fingerprint density at radius 3 is 0.801 bits per heavy atom. The Balaban J connectivity index is 0.000000157. The maximum Gasteiger partial charge on any atom is 0.140 e. The van der Waals surface area contributed by atoms with Crippen LogP contribution in [0.4, 0.5) is 61.7 Å². The number of aromatic hydroxyl groups is 3. The summed E-state index contributed by atoms with van der Waals surface area (Å²) in [5.74, 6) is 2.34. The van der Waals surface area contributed by atoms with E-state index in [9.17, 15) is 19.7 Å². The number of rotatable bonds is 19. The van der Waals surface area contributed by atoms with Gasteiger partial charge in [0.25, 0.3) is 0 Å². The molecule has 0 fully saturated rings. The first-order valence-corrected chi connectivity index (χ1v) is 50.2. The molecule has 0 radical (unpaired) electrons. The van der Waals surface area contributed by atoms with Crippen molar-refractivity contribution in [1.29, 1.82) is 0 Å². The number of hydrogen-bond acceptors (Lipinski definition) is 13. The minimum atomic E-state index is -0.360. The van der Waals surface area contributed by atoms with E-state index in [-0.39, 0.29) is 61.0 Å². The van der Waals surface area contributed by atoms with Crippen LogP contribution in [-0.4, -0.2) is 59.3 Å². The van der Waals surface area contributed by atoms with Gasteiger partial charge in [-0.3, -0.25) is 14.7 Å². The second-order valence-corrected chi connectivity index (χ2v) is 45.2. The molecule has 18 rings (SSSR count). The highest BCUT2D eigenvalue weighted by Gasteiger charge is 2.30. The Kier molecular flexibility index (Phi) is 29.7. The molecule has 0 unspecified atom stereocenters. The second kappa shape index (κ2) is 42.2. The summed E-state index contributed by atoms with van der Waals surface area (Å²) in [5, 5.41) is 32.9. The first-order chi connectivity index (χ1) is 69.2. The number of para-hydroxylation sites is 6. The normalized spacial score (nSPS) is 11.9. The highest BCUT2D eigenvalue weighted by molar-refractivity contribution is 5.88. The zero-order valence-corrected chi connectivity index (χ0v) is 88.6. The van der Waals surface area contributed by atoms with Crippen molar-refractivity contribution in [3.05, 3.63) is 427 Å². The van der Waals surface area contributed by atoms with Crippen LogP contribution in [-0.2, 0) is 37.9 Å². The summed E-state index contributed by atoms with van der Waals surface area (Å²) in [5.41, 5.74) is 31.0. The van der Waals surface area contributed by atoms with Gasteiger partial charge >= 0.3 is 0 Å². The third-order valence-corrected chi connectivity index (χ3v) is 26.5. The van der Waals surface area contributed by atoms with Crippen LogP contribution in [0.25, 0.3) is 101 Å². The summed E-state index contributed by atoms with van der Waals surface area (Å²) in [6, 6.07) is 122. The smallest absolute Gasteiger partial charge is 0.140 e. The highest BCUT2D eigenvalue weighted by Crippen LogP contribution is 2.48. The molecule has 0 aliphatic heterocycles. The topological polar surface area (TPSA) is 151 Å². The van der Waals surface area contributed by atoms with Gasteiger partial charge in [-0.2, -0.15) is 0 Å². The van der Waals surface area contributed by atoms with Gasteiger partial charge in [0.15, 0.2) is 0 Å². The van der Waals surface area contributed by atoms with Crippen molar-refractivity contribution in [1.82, 2.24) is 29.9 Å². The van der Waals surface area contributed by atoms with Gasteiger partial charge in [0, 0.05) is 118 Å². The van der Waals surface area contributed by atoms with Crippen LogP contribution < -0.4 is 19.6 Å². The first-order valence-electron chi connectivity index (χ1n) is 50.2. The molecule has 0 saturated heterocycles. The van der Waals surface area contributed by atoms with Crippen molar-refractivity contribution < 1.29 is 19.7 Å². The van der Waals surface area contributed by atoms with Crippen LogP contribution >= 0.6 is 0 Å². The van der Waals surface area contributed by atoms with E-state index in [2.05, 4.69) is 341 Å². The van der Waals surface area contributed by atoms with E-state index in [0.29, 0.717) is 28.2 Å². The van der Waals surface area contributed by atoms with E-state index in [1.807, 2.05) is 189 Å². The summed E-state index contributed by atoms with van der Waals surface area (Å²) in [7, 11) is 4.07. The van der Waals surface area contributed by atoms with Gasteiger partial charge in [0.1, 0.15) is 40.5 Å². The number of phenols is 3. The zero-order chi connectivity index (χ0) is 104.